The van der Waals surface area contributed by atoms with Crippen molar-refractivity contribution in [1.82, 2.24) is 0 Å². The third kappa shape index (κ3) is 4.19. The van der Waals surface area contributed by atoms with Gasteiger partial charge in [-0.3, -0.25) is 9.59 Å². The topological polar surface area (TPSA) is 151 Å². The number of carbonyl (C=O) groups is 3. The molecule has 0 aromatic heterocycles. The van der Waals surface area contributed by atoms with Crippen LogP contribution in [0.25, 0.3) is 0 Å². The Balaban J connectivity index is 1.29. The van der Waals surface area contributed by atoms with Crippen LogP contribution in [0.15, 0.2) is 11.6 Å². The van der Waals surface area contributed by atoms with E-state index in [2.05, 4.69) is 6.92 Å². The molecule has 206 valence electrons. The number of aliphatic hydroxyl groups is 3. The Hall–Kier alpha value is -1.72. The van der Waals surface area contributed by atoms with Gasteiger partial charge in [0, 0.05) is 18.3 Å². The maximum absolute atomic E-state index is 16.1. The highest BCUT2D eigenvalue weighted by atomic mass is 19.1. The van der Waals surface area contributed by atoms with Crippen molar-refractivity contribution in [2.24, 2.45) is 34.5 Å². The molecule has 5 rings (SSSR count). The summed E-state index contributed by atoms with van der Waals surface area (Å²) < 4.78 is 26.6. The summed E-state index contributed by atoms with van der Waals surface area (Å²) in [6.07, 6.45) is -3.83. The predicted molar refractivity (Wildman–Crippen MR) is 126 cm³/mol. The number of carboxylic acid groups (broad SMARTS) is 1. The summed E-state index contributed by atoms with van der Waals surface area (Å²) in [5.74, 6) is -2.02. The Morgan fingerprint density at radius 1 is 1.11 bits per heavy atom. The van der Waals surface area contributed by atoms with Crippen LogP contribution in [-0.4, -0.2) is 81.4 Å². The summed E-state index contributed by atoms with van der Waals surface area (Å²) in [6.45, 7) is 3.61. The zero-order valence-corrected chi connectivity index (χ0v) is 21.2. The number of halogens is 1. The van der Waals surface area contributed by atoms with E-state index in [0.29, 0.717) is 19.3 Å². The number of carboxylic acids is 1. The number of ketones is 2. The van der Waals surface area contributed by atoms with E-state index >= 15 is 4.39 Å². The molecular weight excluding hydrogens is 487 g/mol. The fourth-order valence-electron chi connectivity index (χ4n) is 8.60. The average molecular weight is 525 g/mol. The van der Waals surface area contributed by atoms with Gasteiger partial charge in [0.05, 0.1) is 0 Å². The van der Waals surface area contributed by atoms with E-state index in [1.54, 1.807) is 6.08 Å². The fraction of sp³-hybridized carbons (Fsp3) is 0.815. The average Bonchev–Trinajstić information content (AvgIpc) is 3.18. The Morgan fingerprint density at radius 3 is 2.54 bits per heavy atom. The van der Waals surface area contributed by atoms with Crippen LogP contribution in [0.5, 0.6) is 0 Å². The number of ether oxygens (including phenoxy) is 2. The number of aliphatic carboxylic acids is 1. The standard InChI is InChI=1S/C27H37FO9/c1-26-8-7-13(29)9-12(26)3-4-14-15-5-6-16(27(15,2)10-17(28)19(14)26)18(30)11-36-25-22(33)20(31)21(32)23(37-25)24(34)35/h9,14-17,19-23,25,31-33H,3-8,10-11H2,1-2H3,(H,34,35)/t14-,15-,16+,17+,19+,20-,21-,22+,23-,25?,26-,27-/m0/s1. The van der Waals surface area contributed by atoms with Gasteiger partial charge in [0.25, 0.3) is 0 Å². The minimum atomic E-state index is -1.84. The zero-order valence-electron chi connectivity index (χ0n) is 21.2. The summed E-state index contributed by atoms with van der Waals surface area (Å²) in [5.41, 5.74) is 0.186. The first-order valence-corrected chi connectivity index (χ1v) is 13.3. The van der Waals surface area contributed by atoms with Crippen molar-refractivity contribution < 1.29 is 48.7 Å². The van der Waals surface area contributed by atoms with Crippen LogP contribution < -0.4 is 0 Å². The SMILES string of the molecule is C[C@]12C[C@@H](F)[C@H]3[C@@H](CCC4=CC(=O)CC[C@@]43C)[C@@H]1CC[C@@H]2C(=O)COC1O[C@H](C(=O)O)[C@@H](O)[C@H](O)[C@H]1O. The summed E-state index contributed by atoms with van der Waals surface area (Å²) in [7, 11) is 0. The number of hydrogen-bond acceptors (Lipinski definition) is 8. The molecule has 1 unspecified atom stereocenters. The molecule has 4 aliphatic carbocycles. The van der Waals surface area contributed by atoms with E-state index < -0.39 is 60.8 Å². The van der Waals surface area contributed by atoms with Crippen molar-refractivity contribution in [2.75, 3.05) is 6.61 Å². The lowest BCUT2D eigenvalue weighted by Gasteiger charge is -2.59. The van der Waals surface area contributed by atoms with E-state index in [1.165, 1.54) is 0 Å². The van der Waals surface area contributed by atoms with Gasteiger partial charge in [0.1, 0.15) is 31.1 Å². The zero-order chi connectivity index (χ0) is 26.9. The third-order valence-corrected chi connectivity index (χ3v) is 10.4. The second-order valence-corrected chi connectivity index (χ2v) is 12.3. The summed E-state index contributed by atoms with van der Waals surface area (Å²) in [5, 5.41) is 39.2. The molecule has 4 N–H and O–H groups in total. The molecule has 0 radical (unpaired) electrons. The minimum absolute atomic E-state index is 0.122. The molecule has 1 aliphatic heterocycles. The number of aliphatic hydroxyl groups excluding tert-OH is 3. The molecule has 9 nitrogen and oxygen atoms in total. The van der Waals surface area contributed by atoms with E-state index in [0.717, 1.165) is 24.8 Å². The van der Waals surface area contributed by atoms with Gasteiger partial charge >= 0.3 is 5.97 Å². The summed E-state index contributed by atoms with van der Waals surface area (Å²) in [4.78, 5) is 36.7. The number of carbonyl (C=O) groups excluding carboxylic acids is 2. The second-order valence-electron chi connectivity index (χ2n) is 12.3. The molecule has 4 fully saturated rings. The van der Waals surface area contributed by atoms with E-state index in [4.69, 9.17) is 9.47 Å². The lowest BCUT2D eigenvalue weighted by molar-refractivity contribution is -0.292. The van der Waals surface area contributed by atoms with Gasteiger partial charge < -0.3 is 29.9 Å². The first-order valence-electron chi connectivity index (χ1n) is 13.3. The van der Waals surface area contributed by atoms with Gasteiger partial charge in [-0.15, -0.1) is 0 Å². The van der Waals surface area contributed by atoms with Crippen molar-refractivity contribution in [1.29, 1.82) is 0 Å². The van der Waals surface area contributed by atoms with Crippen LogP contribution in [0.2, 0.25) is 0 Å². The number of rotatable bonds is 5. The van der Waals surface area contributed by atoms with Crippen LogP contribution >= 0.6 is 0 Å². The first kappa shape index (κ1) is 26.9. The molecule has 3 saturated carbocycles. The molecule has 0 amide bonds. The molecular formula is C27H37FO9. The van der Waals surface area contributed by atoms with Gasteiger partial charge in [-0.2, -0.15) is 0 Å². The second kappa shape index (κ2) is 9.48. The molecule has 10 heteroatoms. The van der Waals surface area contributed by atoms with E-state index in [1.807, 2.05) is 6.92 Å². The molecule has 0 aromatic carbocycles. The monoisotopic (exact) mass is 524 g/mol. The molecule has 1 heterocycles. The lowest BCUT2D eigenvalue weighted by atomic mass is 9.46. The first-order chi connectivity index (χ1) is 17.4. The Labute approximate surface area is 215 Å². The van der Waals surface area contributed by atoms with Crippen LogP contribution in [0.3, 0.4) is 0 Å². The molecule has 5 aliphatic rings. The Morgan fingerprint density at radius 2 is 1.84 bits per heavy atom. The Bertz CT molecular complexity index is 998. The molecule has 0 bridgehead atoms. The van der Waals surface area contributed by atoms with Crippen molar-refractivity contribution in [2.45, 2.75) is 95.7 Å². The van der Waals surface area contributed by atoms with Crippen molar-refractivity contribution in [3.8, 4) is 0 Å². The highest BCUT2D eigenvalue weighted by molar-refractivity contribution is 5.91. The summed E-state index contributed by atoms with van der Waals surface area (Å²) in [6, 6.07) is 0. The van der Waals surface area contributed by atoms with Crippen molar-refractivity contribution in [3.05, 3.63) is 11.6 Å². The molecule has 0 spiro atoms. The number of allylic oxidation sites excluding steroid dienone is 1. The maximum Gasteiger partial charge on any atom is 0.335 e. The Kier molecular flexibility index (Phi) is 6.89. The van der Waals surface area contributed by atoms with Crippen LogP contribution in [0.4, 0.5) is 4.39 Å². The van der Waals surface area contributed by atoms with Gasteiger partial charge in [0.15, 0.2) is 24.0 Å². The van der Waals surface area contributed by atoms with Gasteiger partial charge in [-0.25, -0.2) is 9.18 Å². The number of alkyl halides is 1. The number of fused-ring (bicyclic) bond motifs is 5. The normalized spacial score (nSPS) is 49.5. The van der Waals surface area contributed by atoms with Crippen LogP contribution in [0, 0.1) is 34.5 Å². The molecule has 1 saturated heterocycles. The maximum atomic E-state index is 16.1. The summed E-state index contributed by atoms with van der Waals surface area (Å²) >= 11 is 0. The van der Waals surface area contributed by atoms with Gasteiger partial charge in [-0.05, 0) is 67.3 Å². The molecule has 12 atom stereocenters. The smallest absolute Gasteiger partial charge is 0.335 e. The van der Waals surface area contributed by atoms with Crippen LogP contribution in [-0.2, 0) is 23.9 Å². The van der Waals surface area contributed by atoms with Crippen LogP contribution in [0.1, 0.15) is 58.8 Å². The van der Waals surface area contributed by atoms with E-state index in [9.17, 15) is 34.8 Å². The minimum Gasteiger partial charge on any atom is -0.479 e. The molecule has 37 heavy (non-hydrogen) atoms. The highest BCUT2D eigenvalue weighted by Gasteiger charge is 2.63. The van der Waals surface area contributed by atoms with E-state index in [-0.39, 0.29) is 41.2 Å². The van der Waals surface area contributed by atoms with Gasteiger partial charge in [0.2, 0.25) is 0 Å². The third-order valence-electron chi connectivity index (χ3n) is 10.4. The predicted octanol–water partition coefficient (Wildman–Crippen LogP) is 1.56. The lowest BCUT2D eigenvalue weighted by Crippen LogP contribution is -2.60. The quantitative estimate of drug-likeness (QED) is 0.420. The number of hydrogen-bond donors (Lipinski definition) is 4. The number of Topliss-reactive ketones (excluding diaryl/α,β-unsaturated/α-hetero) is 1. The van der Waals surface area contributed by atoms with Crippen molar-refractivity contribution in [3.63, 3.8) is 0 Å². The van der Waals surface area contributed by atoms with Crippen molar-refractivity contribution >= 4 is 17.5 Å². The molecule has 0 aromatic rings. The fourth-order valence-corrected chi connectivity index (χ4v) is 8.60. The largest absolute Gasteiger partial charge is 0.479 e. The van der Waals surface area contributed by atoms with Gasteiger partial charge in [-0.1, -0.05) is 19.4 Å². The highest BCUT2D eigenvalue weighted by Crippen LogP contribution is 2.67.